The molecule has 0 rings (SSSR count). The van der Waals surface area contributed by atoms with Gasteiger partial charge in [0.2, 0.25) is 0 Å². The molecule has 0 N–H and O–H groups in total. The first-order valence-corrected chi connectivity index (χ1v) is 0.765. The maximum Gasteiger partial charge on any atom is -0.112 e. The fourth-order valence-electron chi connectivity index (χ4n) is 0. The fraction of sp³-hybridized carbons (Fsp3) is 0. The second-order valence-electron chi connectivity index (χ2n) is 0.164. The highest BCUT2D eigenvalue weighted by Gasteiger charge is 0.958. The Labute approximate surface area is 32.7 Å². The lowest BCUT2D eigenvalue weighted by molar-refractivity contribution is 1.59. The van der Waals surface area contributed by atoms with Crippen LogP contribution in [-0.2, 0) is 0 Å². The highest BCUT2D eigenvalue weighted by molar-refractivity contribution is 4.36. The largest absolute Gasteiger partial charge is 0.444 e. The van der Waals surface area contributed by atoms with E-state index in [9.17, 15) is 0 Å². The molecule has 0 spiro atoms. The Morgan fingerprint density at radius 3 is 1.67 bits per heavy atom. The predicted octanol–water partition coefficient (Wildman–Crippen LogP) is 1.12. The van der Waals surface area contributed by atoms with Gasteiger partial charge in [-0.3, -0.25) is 4.91 Å². The van der Waals surface area contributed by atoms with Crippen molar-refractivity contribution in [1.82, 2.24) is 0 Å². The van der Waals surface area contributed by atoms with Crippen molar-refractivity contribution >= 4 is 0 Å². The fourth-order valence-corrected chi connectivity index (χ4v) is 0. The van der Waals surface area contributed by atoms with Crippen molar-refractivity contribution < 1.29 is 0 Å². The summed E-state index contributed by atoms with van der Waals surface area (Å²) in [5.74, 6) is 0. The van der Waals surface area contributed by atoms with E-state index in [1.54, 1.807) is 0 Å². The van der Waals surface area contributed by atoms with Gasteiger partial charge in [0.1, 0.15) is 0 Å². The molecule has 0 aromatic carbocycles. The van der Waals surface area contributed by atoms with Gasteiger partial charge in [-0.2, -0.15) is 0 Å². The van der Waals surface area contributed by atoms with Crippen LogP contribution in [0.5, 0.6) is 0 Å². The van der Waals surface area contributed by atoms with Crippen molar-refractivity contribution in [3.05, 3.63) is 26.1 Å². The zero-order valence-electron chi connectivity index (χ0n) is 2.61. The molecule has 34 valence electrons. The summed E-state index contributed by atoms with van der Waals surface area (Å²) >= 11 is 0. The molecule has 0 aliphatic rings. The molecule has 0 saturated heterocycles. The molecule has 0 bridgehead atoms. The van der Waals surface area contributed by atoms with Gasteiger partial charge < -0.3 is 21.2 Å². The summed E-state index contributed by atoms with van der Waals surface area (Å²) in [4.78, 5) is 9.50. The summed E-state index contributed by atoms with van der Waals surface area (Å²) in [5, 5.41) is 9.00. The van der Waals surface area contributed by atoms with Crippen molar-refractivity contribution in [2.24, 2.45) is 5.34 Å². The lowest BCUT2D eigenvalue weighted by atomic mass is 13.0. The van der Waals surface area contributed by atoms with Gasteiger partial charge in [-0.15, -0.1) is 5.34 Å². The Bertz CT molecular complexity index is 50.6. The van der Waals surface area contributed by atoms with Crippen molar-refractivity contribution in [1.29, 1.82) is 0 Å². The van der Waals surface area contributed by atoms with E-state index in [4.69, 9.17) is 21.2 Å². The van der Waals surface area contributed by atoms with Gasteiger partial charge in [-0.05, 0) is 0 Å². The third kappa shape index (κ3) is 4.76. The smallest absolute Gasteiger partial charge is 0.112 e. The SMILES string of the molecule is O=N[O-].[N-]=[N+]=[N-]. The van der Waals surface area contributed by atoms with Gasteiger partial charge in [-0.1, -0.05) is 0 Å². The van der Waals surface area contributed by atoms with Crippen molar-refractivity contribution in [3.63, 3.8) is 0 Å². The number of nitrogens with zero attached hydrogens (tertiary/aromatic N) is 4. The van der Waals surface area contributed by atoms with Gasteiger partial charge in [0, 0.05) is 0 Å². The molecule has 0 unspecified atom stereocenters. The topological polar surface area (TPSA) is 111 Å². The van der Waals surface area contributed by atoms with Gasteiger partial charge >= 0.3 is 0 Å². The predicted molar refractivity (Wildman–Crippen MR) is 19.2 cm³/mol. The minimum Gasteiger partial charge on any atom is -0.444 e. The van der Waals surface area contributed by atoms with E-state index in [-0.39, 0.29) is 0 Å². The standard InChI is InChI=1S/N3.HNO2/c1-3-2;2-1-3/h;(H,2,3)/q-1;/p-1. The number of hydrogen-bond donors (Lipinski definition) is 0. The molecule has 0 aromatic rings. The molecular weight excluding hydrogens is 88.0 g/mol. The van der Waals surface area contributed by atoms with Crippen LogP contribution in [0.3, 0.4) is 0 Å². The molecule has 0 saturated carbocycles. The average molecular weight is 88.0 g/mol. The van der Waals surface area contributed by atoms with Crippen LogP contribution >= 0.6 is 0 Å². The first-order valence-electron chi connectivity index (χ1n) is 0.765. The third-order valence-electron chi connectivity index (χ3n) is 0. The maximum atomic E-state index is 8.00. The van der Waals surface area contributed by atoms with Gasteiger partial charge in [0.25, 0.3) is 0 Å². The minimum atomic E-state index is 1.00. The van der Waals surface area contributed by atoms with Crippen molar-refractivity contribution in [2.75, 3.05) is 0 Å². The lowest BCUT2D eigenvalue weighted by Crippen LogP contribution is -1.12. The number of rotatable bonds is 0. The van der Waals surface area contributed by atoms with Crippen LogP contribution in [0.15, 0.2) is 5.34 Å². The second kappa shape index (κ2) is 54.1. The van der Waals surface area contributed by atoms with Crippen LogP contribution in [0.1, 0.15) is 0 Å². The Morgan fingerprint density at radius 1 is 1.67 bits per heavy atom. The maximum absolute atomic E-state index is 8.00. The van der Waals surface area contributed by atoms with E-state index in [1.165, 1.54) is 4.91 Å². The summed E-state index contributed by atoms with van der Waals surface area (Å²) in [6.45, 7) is 0. The highest BCUT2D eigenvalue weighted by atomic mass is 16.6. The highest BCUT2D eigenvalue weighted by Crippen LogP contribution is 1.34. The third-order valence-corrected chi connectivity index (χ3v) is 0. The Morgan fingerprint density at radius 2 is 1.67 bits per heavy atom. The lowest BCUT2D eigenvalue weighted by Gasteiger charge is -1.51. The molecule has 0 amide bonds. The molecule has 6 heavy (non-hydrogen) atoms. The molecule has 0 aliphatic heterocycles. The molecule has 6 heteroatoms. The summed E-state index contributed by atoms with van der Waals surface area (Å²) < 4.78 is 0. The van der Waals surface area contributed by atoms with E-state index in [0.29, 0.717) is 0 Å². The normalized spacial score (nSPS) is 3.33. The molecule has 6 nitrogen and oxygen atoms in total. The summed E-state index contributed by atoms with van der Waals surface area (Å²) in [5.41, 5.74) is 13.5. The van der Waals surface area contributed by atoms with E-state index in [0.717, 1.165) is 5.34 Å². The molecule has 0 radical (unpaired) electrons. The van der Waals surface area contributed by atoms with Gasteiger partial charge in [0.15, 0.2) is 0 Å². The molecular formula is N4O2-2. The Balaban J connectivity index is 0. The zero-order chi connectivity index (χ0) is 5.41. The van der Waals surface area contributed by atoms with E-state index in [1.807, 2.05) is 0 Å². The van der Waals surface area contributed by atoms with Gasteiger partial charge in [-0.25, -0.2) is 0 Å². The molecule has 0 aromatic heterocycles. The Kier molecular flexibility index (Phi) is 79.5. The molecule has 0 fully saturated rings. The van der Waals surface area contributed by atoms with Crippen LogP contribution in [0, 0.1) is 10.1 Å². The van der Waals surface area contributed by atoms with Crippen LogP contribution in [0.4, 0.5) is 0 Å². The second-order valence-corrected chi connectivity index (χ2v) is 0.164. The van der Waals surface area contributed by atoms with E-state index >= 15 is 0 Å². The summed E-state index contributed by atoms with van der Waals surface area (Å²) in [7, 11) is 0. The Hall–Kier alpha value is -1.29. The first-order chi connectivity index (χ1) is 2.83. The average Bonchev–Trinajstić information content (AvgIpc) is 1.39. The van der Waals surface area contributed by atoms with Crippen LogP contribution < -0.4 is 0 Å². The quantitative estimate of drug-likeness (QED) is 0.145. The van der Waals surface area contributed by atoms with Crippen LogP contribution in [0.25, 0.3) is 16.0 Å². The van der Waals surface area contributed by atoms with Crippen molar-refractivity contribution in [3.8, 4) is 0 Å². The van der Waals surface area contributed by atoms with Crippen molar-refractivity contribution in [2.45, 2.75) is 0 Å². The van der Waals surface area contributed by atoms with Gasteiger partial charge in [0.05, 0.1) is 0 Å². The van der Waals surface area contributed by atoms with Crippen LogP contribution in [0.2, 0.25) is 0 Å². The molecule has 0 heterocycles. The summed E-state index contributed by atoms with van der Waals surface area (Å²) in [6.07, 6.45) is 0. The van der Waals surface area contributed by atoms with Crippen LogP contribution in [-0.4, -0.2) is 0 Å². The first kappa shape index (κ1) is 8.83. The summed E-state index contributed by atoms with van der Waals surface area (Å²) in [6, 6.07) is 0. The monoisotopic (exact) mass is 88.0 g/mol. The van der Waals surface area contributed by atoms with E-state index < -0.39 is 0 Å². The molecule has 0 atom stereocenters. The van der Waals surface area contributed by atoms with E-state index in [2.05, 4.69) is 0 Å². The molecule has 0 aliphatic carbocycles. The minimum absolute atomic E-state index is 1.00. The zero-order valence-corrected chi connectivity index (χ0v) is 2.61. The number of hydrogen-bond acceptors (Lipinski definition) is 3.